The van der Waals surface area contributed by atoms with Gasteiger partial charge >= 0.3 is 0 Å². The molecule has 0 radical (unpaired) electrons. The number of nitrogens with two attached hydrogens (primary N) is 1. The number of carbonyl (C=O) groups excluding carboxylic acids is 1. The van der Waals surface area contributed by atoms with Gasteiger partial charge in [-0.2, -0.15) is 5.48 Å². The quantitative estimate of drug-likeness (QED) is 0.447. The van der Waals surface area contributed by atoms with E-state index in [0.717, 1.165) is 12.1 Å². The topological polar surface area (TPSA) is 111 Å². The first-order chi connectivity index (χ1) is 15.2. The normalized spacial score (nSPS) is 11.3. The number of halogens is 2. The Hall–Kier alpha value is -3.89. The van der Waals surface area contributed by atoms with E-state index in [2.05, 4.69) is 10.5 Å². The van der Waals surface area contributed by atoms with Crippen molar-refractivity contribution >= 4 is 26.8 Å². The van der Waals surface area contributed by atoms with Crippen molar-refractivity contribution in [3.05, 3.63) is 90.0 Å². The number of sulfonamides is 1. The smallest absolute Gasteiger partial charge is 0.286 e. The van der Waals surface area contributed by atoms with Crippen LogP contribution in [-0.2, 0) is 10.0 Å². The van der Waals surface area contributed by atoms with Gasteiger partial charge in [-0.15, -0.1) is 0 Å². The highest BCUT2D eigenvalue weighted by Crippen LogP contribution is 2.27. The molecule has 10 heteroatoms. The summed E-state index contributed by atoms with van der Waals surface area (Å²) in [6.45, 7) is 0. The summed E-state index contributed by atoms with van der Waals surface area (Å²) in [5.41, 5.74) is 3.19. The number of amides is 1. The maximum absolute atomic E-state index is 13.8. The molecule has 0 aliphatic carbocycles. The maximum atomic E-state index is 13.8. The fourth-order valence-electron chi connectivity index (χ4n) is 3.04. The monoisotopic (exact) mass is 455 g/mol. The molecular formula is C22H15F2N3O4S. The predicted octanol–water partition coefficient (Wildman–Crippen LogP) is 3.55. The van der Waals surface area contributed by atoms with Gasteiger partial charge in [0.25, 0.3) is 5.91 Å². The fraction of sp³-hybridized carbons (Fsp3) is 0. The van der Waals surface area contributed by atoms with E-state index in [9.17, 15) is 22.0 Å². The summed E-state index contributed by atoms with van der Waals surface area (Å²) in [6, 6.07) is 16.8. The number of aromatic nitrogens is 1. The molecule has 0 bridgehead atoms. The highest BCUT2D eigenvalue weighted by Gasteiger charge is 2.19. The second kappa shape index (κ2) is 8.33. The minimum absolute atomic E-state index is 0.0396. The number of hydroxylamine groups is 1. The molecule has 1 amide bonds. The van der Waals surface area contributed by atoms with Gasteiger partial charge in [0.05, 0.1) is 21.7 Å². The van der Waals surface area contributed by atoms with E-state index in [-0.39, 0.29) is 21.9 Å². The number of nitrogens with one attached hydrogen (secondary N) is 1. The van der Waals surface area contributed by atoms with Crippen molar-refractivity contribution in [2.45, 2.75) is 4.90 Å². The van der Waals surface area contributed by atoms with Crippen molar-refractivity contribution in [1.29, 1.82) is 0 Å². The lowest BCUT2D eigenvalue weighted by atomic mass is 10.0. The molecule has 0 saturated carbocycles. The van der Waals surface area contributed by atoms with Crippen LogP contribution >= 0.6 is 0 Å². The van der Waals surface area contributed by atoms with Gasteiger partial charge < -0.3 is 4.84 Å². The number of hydrogen-bond donors (Lipinski definition) is 2. The zero-order chi connectivity index (χ0) is 22.9. The van der Waals surface area contributed by atoms with Gasteiger partial charge in [0.15, 0.2) is 11.6 Å². The largest absolute Gasteiger partial charge is 0.376 e. The maximum Gasteiger partial charge on any atom is 0.286 e. The van der Waals surface area contributed by atoms with Gasteiger partial charge in [-0.1, -0.05) is 30.3 Å². The first-order valence-corrected chi connectivity index (χ1v) is 10.7. The number of hydrogen-bond acceptors (Lipinski definition) is 5. The van der Waals surface area contributed by atoms with Gasteiger partial charge in [-0.25, -0.2) is 27.3 Å². The molecule has 4 aromatic rings. The Morgan fingerprint density at radius 1 is 0.969 bits per heavy atom. The molecule has 1 aromatic heterocycles. The van der Waals surface area contributed by atoms with Crippen LogP contribution in [-0.4, -0.2) is 19.3 Å². The molecule has 3 N–H and O–H groups in total. The molecule has 32 heavy (non-hydrogen) atoms. The number of rotatable bonds is 5. The molecule has 0 unspecified atom stereocenters. The van der Waals surface area contributed by atoms with E-state index < -0.39 is 27.6 Å². The van der Waals surface area contributed by atoms with Gasteiger partial charge in [0.1, 0.15) is 5.82 Å². The number of fused-ring (bicyclic) bond motifs is 1. The van der Waals surface area contributed by atoms with Crippen molar-refractivity contribution in [2.75, 3.05) is 0 Å². The van der Waals surface area contributed by atoms with Crippen LogP contribution < -0.4 is 15.5 Å². The second-order valence-electron chi connectivity index (χ2n) is 6.76. The number of para-hydroxylation sites is 1. The molecule has 1 heterocycles. The van der Waals surface area contributed by atoms with Crippen LogP contribution in [0.1, 0.15) is 10.4 Å². The Balaban J connectivity index is 1.77. The lowest BCUT2D eigenvalue weighted by Gasteiger charge is -2.13. The first kappa shape index (κ1) is 21.3. The zero-order valence-corrected chi connectivity index (χ0v) is 17.1. The lowest BCUT2D eigenvalue weighted by molar-refractivity contribution is 0.0752. The third-order valence-corrected chi connectivity index (χ3v) is 5.46. The van der Waals surface area contributed by atoms with Crippen molar-refractivity contribution in [3.8, 4) is 17.0 Å². The molecule has 162 valence electrons. The van der Waals surface area contributed by atoms with E-state index in [1.807, 2.05) is 0 Å². The summed E-state index contributed by atoms with van der Waals surface area (Å²) in [5.74, 6) is -2.95. The molecule has 0 atom stereocenters. The van der Waals surface area contributed by atoms with Crippen molar-refractivity contribution in [3.63, 3.8) is 0 Å². The highest BCUT2D eigenvalue weighted by atomic mass is 32.2. The number of nitrogens with zero attached hydrogens (tertiary/aromatic N) is 1. The van der Waals surface area contributed by atoms with Crippen LogP contribution in [0.4, 0.5) is 8.78 Å². The van der Waals surface area contributed by atoms with E-state index in [1.54, 1.807) is 36.4 Å². The number of carbonyl (C=O) groups is 1. The molecular weight excluding hydrogens is 440 g/mol. The van der Waals surface area contributed by atoms with E-state index in [0.29, 0.717) is 22.5 Å². The van der Waals surface area contributed by atoms with Crippen molar-refractivity contribution in [2.24, 2.45) is 5.14 Å². The van der Waals surface area contributed by atoms with Crippen LogP contribution in [0.25, 0.3) is 22.2 Å². The fourth-order valence-corrected chi connectivity index (χ4v) is 3.60. The third kappa shape index (κ3) is 4.41. The molecule has 4 rings (SSSR count). The summed E-state index contributed by atoms with van der Waals surface area (Å²) >= 11 is 0. The molecule has 0 saturated heterocycles. The Kier molecular flexibility index (Phi) is 5.56. The van der Waals surface area contributed by atoms with Gasteiger partial charge in [-0.3, -0.25) is 4.79 Å². The average Bonchev–Trinajstić information content (AvgIpc) is 2.77. The molecule has 7 nitrogen and oxygen atoms in total. The van der Waals surface area contributed by atoms with E-state index in [1.165, 1.54) is 18.2 Å². The van der Waals surface area contributed by atoms with E-state index in [4.69, 9.17) is 9.98 Å². The molecule has 3 aromatic carbocycles. The van der Waals surface area contributed by atoms with Crippen LogP contribution in [0.15, 0.2) is 77.7 Å². The minimum Gasteiger partial charge on any atom is -0.376 e. The second-order valence-corrected chi connectivity index (χ2v) is 8.32. The number of primary sulfonamides is 1. The predicted molar refractivity (Wildman–Crippen MR) is 113 cm³/mol. The van der Waals surface area contributed by atoms with Crippen LogP contribution in [0.2, 0.25) is 0 Å². The van der Waals surface area contributed by atoms with Crippen molar-refractivity contribution in [1.82, 2.24) is 10.5 Å². The Morgan fingerprint density at radius 3 is 2.50 bits per heavy atom. The number of benzene rings is 3. The Labute approximate surface area is 181 Å². The minimum atomic E-state index is -3.99. The number of pyridine rings is 1. The first-order valence-electron chi connectivity index (χ1n) is 9.17. The summed E-state index contributed by atoms with van der Waals surface area (Å²) in [5, 5.41) is 5.86. The summed E-state index contributed by atoms with van der Waals surface area (Å²) in [4.78, 5) is 22.3. The average molecular weight is 455 g/mol. The lowest BCUT2D eigenvalue weighted by Crippen LogP contribution is -2.28. The third-order valence-electron chi connectivity index (χ3n) is 4.55. The standard InChI is InChI=1S/C22H15F2N3O4S/c23-15-8-9-20(18(24)12-15)31-27-22(28)17-11-13-4-1-2-7-19(13)26-21(17)14-5-3-6-16(10-14)32(25,29)30/h1-12H,(H,27,28)(H2,25,29,30). The summed E-state index contributed by atoms with van der Waals surface area (Å²) < 4.78 is 50.4. The summed E-state index contributed by atoms with van der Waals surface area (Å²) in [7, 11) is -3.99. The molecule has 0 fully saturated rings. The Morgan fingerprint density at radius 2 is 1.75 bits per heavy atom. The van der Waals surface area contributed by atoms with E-state index >= 15 is 0 Å². The van der Waals surface area contributed by atoms with Crippen molar-refractivity contribution < 1.29 is 26.8 Å². The van der Waals surface area contributed by atoms with Crippen LogP contribution in [0, 0.1) is 11.6 Å². The van der Waals surface area contributed by atoms with Gasteiger partial charge in [-0.05, 0) is 36.4 Å². The zero-order valence-electron chi connectivity index (χ0n) is 16.2. The highest BCUT2D eigenvalue weighted by molar-refractivity contribution is 7.89. The van der Waals surface area contributed by atoms with Gasteiger partial charge in [0, 0.05) is 17.0 Å². The molecule has 0 spiro atoms. The SMILES string of the molecule is NS(=O)(=O)c1cccc(-c2nc3ccccc3cc2C(=O)NOc2ccc(F)cc2F)c1. The Bertz CT molecular complexity index is 1460. The summed E-state index contributed by atoms with van der Waals surface area (Å²) in [6.07, 6.45) is 0. The van der Waals surface area contributed by atoms with Crippen LogP contribution in [0.5, 0.6) is 5.75 Å². The molecule has 0 aliphatic heterocycles. The molecule has 0 aliphatic rings. The van der Waals surface area contributed by atoms with Gasteiger partial charge in [0.2, 0.25) is 10.0 Å². The van der Waals surface area contributed by atoms with Crippen LogP contribution in [0.3, 0.4) is 0 Å².